The Labute approximate surface area is 112 Å². The Balaban J connectivity index is 2.10. The van der Waals surface area contributed by atoms with Gasteiger partial charge in [0.15, 0.2) is 5.16 Å². The van der Waals surface area contributed by atoms with Crippen molar-refractivity contribution in [3.8, 4) is 0 Å². The molecule has 0 aliphatic heterocycles. The van der Waals surface area contributed by atoms with Crippen LogP contribution in [-0.2, 0) is 0 Å². The lowest BCUT2D eigenvalue weighted by atomic mass is 9.98. The molecule has 1 fully saturated rings. The van der Waals surface area contributed by atoms with Crippen LogP contribution in [0.3, 0.4) is 0 Å². The van der Waals surface area contributed by atoms with E-state index >= 15 is 0 Å². The Morgan fingerprint density at radius 2 is 2.12 bits per heavy atom. The van der Waals surface area contributed by atoms with Gasteiger partial charge in [-0.1, -0.05) is 37.2 Å². The molecule has 3 unspecified atom stereocenters. The van der Waals surface area contributed by atoms with E-state index < -0.39 is 0 Å². The molecule has 0 saturated heterocycles. The zero-order valence-corrected chi connectivity index (χ0v) is 12.0. The largest absolute Gasteiger partial charge is 0.367 e. The minimum Gasteiger partial charge on any atom is -0.367 e. The van der Waals surface area contributed by atoms with Gasteiger partial charge in [0.25, 0.3) is 0 Å². The van der Waals surface area contributed by atoms with E-state index in [4.69, 9.17) is 11.6 Å². The lowest BCUT2D eigenvalue weighted by molar-refractivity contribution is 0.435. The lowest BCUT2D eigenvalue weighted by Gasteiger charge is -2.20. The maximum absolute atomic E-state index is 5.97. The predicted molar refractivity (Wildman–Crippen MR) is 73.8 cm³/mol. The van der Waals surface area contributed by atoms with Crippen LogP contribution < -0.4 is 5.32 Å². The van der Waals surface area contributed by atoms with Crippen LogP contribution in [0.25, 0.3) is 0 Å². The Bertz CT molecular complexity index is 399. The van der Waals surface area contributed by atoms with Crippen LogP contribution in [0.2, 0.25) is 5.15 Å². The number of aromatic nitrogens is 2. The van der Waals surface area contributed by atoms with Gasteiger partial charge < -0.3 is 5.32 Å². The van der Waals surface area contributed by atoms with Gasteiger partial charge >= 0.3 is 0 Å². The number of hydrogen-bond acceptors (Lipinski definition) is 4. The summed E-state index contributed by atoms with van der Waals surface area (Å²) >= 11 is 7.48. The maximum Gasteiger partial charge on any atom is 0.190 e. The van der Waals surface area contributed by atoms with Crippen molar-refractivity contribution in [1.29, 1.82) is 0 Å². The third-order valence-corrected chi connectivity index (χ3v) is 4.40. The van der Waals surface area contributed by atoms with E-state index in [0.29, 0.717) is 17.1 Å². The van der Waals surface area contributed by atoms with Crippen molar-refractivity contribution in [2.75, 3.05) is 11.6 Å². The van der Waals surface area contributed by atoms with Gasteiger partial charge in [-0.15, -0.1) is 0 Å². The third-order valence-electron chi connectivity index (χ3n) is 3.66. The number of halogens is 1. The number of nitrogens with one attached hydrogen (secondary N) is 1. The fourth-order valence-electron chi connectivity index (χ4n) is 2.32. The molecule has 1 heterocycles. The van der Waals surface area contributed by atoms with Crippen LogP contribution in [0.15, 0.2) is 11.2 Å². The first kappa shape index (κ1) is 13.0. The summed E-state index contributed by atoms with van der Waals surface area (Å²) in [7, 11) is 0. The molecule has 1 aromatic rings. The normalized spacial score (nSPS) is 28.4. The van der Waals surface area contributed by atoms with Crippen molar-refractivity contribution >= 4 is 29.2 Å². The molecule has 5 heteroatoms. The van der Waals surface area contributed by atoms with E-state index in [2.05, 4.69) is 29.1 Å². The molecule has 1 aromatic heterocycles. The second-order valence-corrected chi connectivity index (χ2v) is 5.89. The summed E-state index contributed by atoms with van der Waals surface area (Å²) in [4.78, 5) is 8.57. The molecule has 1 N–H and O–H groups in total. The first-order chi connectivity index (χ1) is 8.10. The Kier molecular flexibility index (Phi) is 4.15. The predicted octanol–water partition coefficient (Wildman–Crippen LogP) is 3.70. The molecular weight excluding hydrogens is 254 g/mol. The molecule has 0 spiro atoms. The average Bonchev–Trinajstić information content (AvgIpc) is 2.60. The summed E-state index contributed by atoms with van der Waals surface area (Å²) in [6.45, 7) is 4.61. The highest BCUT2D eigenvalue weighted by Crippen LogP contribution is 2.33. The lowest BCUT2D eigenvalue weighted by Crippen LogP contribution is -2.24. The molecule has 0 radical (unpaired) electrons. The molecule has 3 nitrogen and oxygen atoms in total. The summed E-state index contributed by atoms with van der Waals surface area (Å²) < 4.78 is 0. The zero-order chi connectivity index (χ0) is 12.4. The van der Waals surface area contributed by atoms with Gasteiger partial charge in [0.2, 0.25) is 0 Å². The summed E-state index contributed by atoms with van der Waals surface area (Å²) in [6.07, 6.45) is 4.45. The molecule has 2 rings (SSSR count). The van der Waals surface area contributed by atoms with Gasteiger partial charge in [-0.3, -0.25) is 0 Å². The number of anilines is 1. The maximum atomic E-state index is 5.97. The van der Waals surface area contributed by atoms with Crippen LogP contribution >= 0.6 is 23.4 Å². The van der Waals surface area contributed by atoms with E-state index in [1.807, 2.05) is 6.26 Å². The molecular formula is C12H18ClN3S. The van der Waals surface area contributed by atoms with Crippen molar-refractivity contribution in [3.05, 3.63) is 11.2 Å². The molecule has 3 atom stereocenters. The van der Waals surface area contributed by atoms with Gasteiger partial charge in [-0.25, -0.2) is 9.97 Å². The first-order valence-corrected chi connectivity index (χ1v) is 7.55. The van der Waals surface area contributed by atoms with E-state index in [1.165, 1.54) is 24.6 Å². The average molecular weight is 272 g/mol. The van der Waals surface area contributed by atoms with Crippen LogP contribution in [0.1, 0.15) is 26.7 Å². The summed E-state index contributed by atoms with van der Waals surface area (Å²) in [5.41, 5.74) is 0. The fraction of sp³-hybridized carbons (Fsp3) is 0.667. The molecule has 17 heavy (non-hydrogen) atoms. The topological polar surface area (TPSA) is 37.8 Å². The van der Waals surface area contributed by atoms with Gasteiger partial charge in [0.1, 0.15) is 11.0 Å². The zero-order valence-electron chi connectivity index (χ0n) is 10.4. The number of nitrogens with zero attached hydrogens (tertiary/aromatic N) is 2. The molecule has 0 aromatic carbocycles. The van der Waals surface area contributed by atoms with Gasteiger partial charge in [0.05, 0.1) is 0 Å². The van der Waals surface area contributed by atoms with E-state index in [1.54, 1.807) is 6.07 Å². The molecule has 94 valence electrons. The highest BCUT2D eigenvalue weighted by Gasteiger charge is 2.29. The van der Waals surface area contributed by atoms with Crippen LogP contribution in [0, 0.1) is 11.8 Å². The summed E-state index contributed by atoms with van der Waals surface area (Å²) in [5, 5.41) is 4.71. The number of hydrogen-bond donors (Lipinski definition) is 1. The number of thioether (sulfide) groups is 1. The van der Waals surface area contributed by atoms with Crippen molar-refractivity contribution in [1.82, 2.24) is 9.97 Å². The van der Waals surface area contributed by atoms with Gasteiger partial charge in [-0.2, -0.15) is 0 Å². The van der Waals surface area contributed by atoms with E-state index in [9.17, 15) is 0 Å². The van der Waals surface area contributed by atoms with Crippen molar-refractivity contribution in [3.63, 3.8) is 0 Å². The molecule has 0 bridgehead atoms. The SMILES string of the molecule is CSc1nc(Cl)cc(NC2CCC(C)C2C)n1. The molecule has 1 aliphatic rings. The minimum absolute atomic E-state index is 0.505. The second-order valence-electron chi connectivity index (χ2n) is 4.73. The molecule has 1 saturated carbocycles. The summed E-state index contributed by atoms with van der Waals surface area (Å²) in [5.74, 6) is 2.31. The Hall–Kier alpha value is -0.480. The Morgan fingerprint density at radius 3 is 2.71 bits per heavy atom. The highest BCUT2D eigenvalue weighted by molar-refractivity contribution is 7.98. The van der Waals surface area contributed by atoms with Crippen LogP contribution in [-0.4, -0.2) is 22.3 Å². The quantitative estimate of drug-likeness (QED) is 0.517. The van der Waals surface area contributed by atoms with E-state index in [0.717, 1.165) is 16.9 Å². The smallest absolute Gasteiger partial charge is 0.190 e. The standard InChI is InChI=1S/C12H18ClN3S/c1-7-4-5-9(8(7)2)14-11-6-10(13)15-12(16-11)17-3/h6-9H,4-5H2,1-3H3,(H,14,15,16). The van der Waals surface area contributed by atoms with Crippen molar-refractivity contribution in [2.45, 2.75) is 37.9 Å². The van der Waals surface area contributed by atoms with Crippen molar-refractivity contribution < 1.29 is 0 Å². The Morgan fingerprint density at radius 1 is 1.35 bits per heavy atom. The molecule has 0 amide bonds. The third kappa shape index (κ3) is 3.05. The van der Waals surface area contributed by atoms with Crippen molar-refractivity contribution in [2.24, 2.45) is 11.8 Å². The van der Waals surface area contributed by atoms with Gasteiger partial charge in [-0.05, 0) is 30.9 Å². The van der Waals surface area contributed by atoms with Crippen LogP contribution in [0.5, 0.6) is 0 Å². The minimum atomic E-state index is 0.505. The first-order valence-electron chi connectivity index (χ1n) is 5.95. The number of rotatable bonds is 3. The fourth-order valence-corrected chi connectivity index (χ4v) is 2.93. The van der Waals surface area contributed by atoms with Gasteiger partial charge in [0, 0.05) is 12.1 Å². The van der Waals surface area contributed by atoms with E-state index in [-0.39, 0.29) is 0 Å². The highest BCUT2D eigenvalue weighted by atomic mass is 35.5. The molecule has 1 aliphatic carbocycles. The monoisotopic (exact) mass is 271 g/mol. The second kappa shape index (κ2) is 5.44. The summed E-state index contributed by atoms with van der Waals surface area (Å²) in [6, 6.07) is 2.31. The van der Waals surface area contributed by atoms with Crippen LogP contribution in [0.4, 0.5) is 5.82 Å².